The zero-order valence-electron chi connectivity index (χ0n) is 77.2. The van der Waals surface area contributed by atoms with Crippen molar-refractivity contribution in [1.82, 2.24) is 29.9 Å². The van der Waals surface area contributed by atoms with Gasteiger partial charge in [-0.2, -0.15) is 0 Å². The summed E-state index contributed by atoms with van der Waals surface area (Å²) in [7, 11) is 0. The van der Waals surface area contributed by atoms with Crippen LogP contribution in [0.1, 0.15) is 7.43 Å². The third-order valence-corrected chi connectivity index (χ3v) is 31.3. The highest BCUT2D eigenvalue weighted by molar-refractivity contribution is 7.26. The first-order chi connectivity index (χ1) is 71.3. The fourth-order valence-electron chi connectivity index (χ4n) is 20.9. The number of fused-ring (bicyclic) bond motifs is 15. The van der Waals surface area contributed by atoms with E-state index in [2.05, 4.69) is 400 Å². The van der Waals surface area contributed by atoms with E-state index in [9.17, 15) is 0 Å². The van der Waals surface area contributed by atoms with E-state index in [1.165, 1.54) is 110 Å². The predicted molar refractivity (Wildman–Crippen MR) is 606 cm³/mol. The van der Waals surface area contributed by atoms with Gasteiger partial charge in [-0.15, -0.1) is 34.0 Å². The van der Waals surface area contributed by atoms with Crippen LogP contribution in [-0.4, -0.2) is 29.9 Å². The average molecular weight is 1910 g/mol. The van der Waals surface area contributed by atoms with Gasteiger partial charge in [-0.25, -0.2) is 29.9 Å². The number of benzene rings is 21. The van der Waals surface area contributed by atoms with Crippen LogP contribution >= 0.6 is 34.0 Å². The molecule has 0 radical (unpaired) electrons. The number of ether oxygens (including phenoxy) is 3. The van der Waals surface area contributed by atoms with Crippen LogP contribution in [-0.2, 0) is 0 Å². The van der Waals surface area contributed by atoms with Gasteiger partial charge in [0.1, 0.15) is 34.5 Å². The molecule has 12 heteroatoms. The van der Waals surface area contributed by atoms with Gasteiger partial charge >= 0.3 is 0 Å². The molecule has 30 rings (SSSR count). The van der Waals surface area contributed by atoms with Crippen LogP contribution < -0.4 is 14.2 Å². The van der Waals surface area contributed by atoms with Crippen molar-refractivity contribution < 1.29 is 14.2 Å². The highest BCUT2D eigenvalue weighted by Gasteiger charge is 2.27. The molecule has 145 heavy (non-hydrogen) atoms. The molecule has 680 valence electrons. The van der Waals surface area contributed by atoms with Crippen LogP contribution in [0.2, 0.25) is 0 Å². The lowest BCUT2D eigenvalue weighted by atomic mass is 9.92. The Bertz CT molecular complexity index is 9850. The van der Waals surface area contributed by atoms with Crippen molar-refractivity contribution in [3.63, 3.8) is 0 Å². The number of aromatic nitrogens is 6. The van der Waals surface area contributed by atoms with E-state index in [4.69, 9.17) is 44.1 Å². The second-order valence-corrected chi connectivity index (χ2v) is 39.8. The van der Waals surface area contributed by atoms with Gasteiger partial charge in [-0.3, -0.25) is 0 Å². The summed E-state index contributed by atoms with van der Waals surface area (Å²) in [4.78, 5) is 30.6. The first-order valence-corrected chi connectivity index (χ1v) is 50.6. The van der Waals surface area contributed by atoms with E-state index in [-0.39, 0.29) is 7.43 Å². The molecule has 0 saturated carbocycles. The van der Waals surface area contributed by atoms with E-state index in [0.717, 1.165) is 169 Å². The zero-order valence-corrected chi connectivity index (χ0v) is 79.6. The maximum absolute atomic E-state index is 6.34. The molecule has 0 atom stereocenters. The Labute approximate surface area is 847 Å². The molecule has 0 fully saturated rings. The number of hydrogen-bond donors (Lipinski definition) is 0. The fraction of sp³-hybridized carbons (Fsp3) is 0.00752. The van der Waals surface area contributed by atoms with Gasteiger partial charge in [-0.1, -0.05) is 365 Å². The lowest BCUT2D eigenvalue weighted by molar-refractivity contribution is 0.487. The van der Waals surface area contributed by atoms with Gasteiger partial charge in [0.25, 0.3) is 0 Å². The van der Waals surface area contributed by atoms with Crippen LogP contribution in [0.15, 0.2) is 473 Å². The van der Waals surface area contributed by atoms with Gasteiger partial charge < -0.3 is 14.2 Å². The first kappa shape index (κ1) is 85.9. The standard InChI is InChI=1S/3C44H26N2OS.CH4/c1-2-9-30(10-3-1)44-45-36(26-37(46-44)33-15-8-18-41-43(33)34-13-4-5-17-40(34)48-41)28-21-19-27(20-22-28)31-23-24-38-35(25-31)32-14-6-11-29-12-7-16-39(47-38)42(29)32;1-2-8-30(9-3-1)44-45-37(26-38(46-44)32-20-22-34-33-12-4-5-15-41(33)48-42(34)25-32)28-18-16-27(17-19-28)31-21-23-39-36(24-31)35-13-6-10-29-11-7-14-40(47-39)43(29)35;1-2-8-30(9-3-1)44-45-37(26-38(46-44)32-21-23-42-36(25-32)33-12-4-5-15-41(33)48-42)28-18-16-27(17-19-28)31-20-22-39-35(24-31)34-13-6-10-29-11-7-14-40(47-39)43(29)34;/h3*1-26H;1H4. The van der Waals surface area contributed by atoms with Crippen LogP contribution in [0, 0.1) is 0 Å². The highest BCUT2D eigenvalue weighted by Crippen LogP contribution is 2.53. The van der Waals surface area contributed by atoms with Crippen molar-refractivity contribution in [2.75, 3.05) is 0 Å². The summed E-state index contributed by atoms with van der Waals surface area (Å²) in [6, 6.07) is 166. The number of thiophene rings is 3. The topological polar surface area (TPSA) is 105 Å². The maximum Gasteiger partial charge on any atom is 0.160 e. The second kappa shape index (κ2) is 35.8. The van der Waals surface area contributed by atoms with E-state index in [1.54, 1.807) is 0 Å². The number of nitrogens with zero attached hydrogens (tertiary/aromatic N) is 6. The van der Waals surface area contributed by atoms with Crippen molar-refractivity contribution in [3.05, 3.63) is 473 Å². The molecule has 0 saturated heterocycles. The Kier molecular flexibility index (Phi) is 21.2. The quantitative estimate of drug-likeness (QED) is 0.118. The van der Waals surface area contributed by atoms with E-state index in [1.807, 2.05) is 107 Å². The molecule has 0 amide bonds. The van der Waals surface area contributed by atoms with Gasteiger partial charge in [0.2, 0.25) is 0 Å². The molecule has 6 aromatic heterocycles. The van der Waals surface area contributed by atoms with Crippen LogP contribution in [0.25, 0.3) is 261 Å². The van der Waals surface area contributed by atoms with Crippen molar-refractivity contribution in [1.29, 1.82) is 0 Å². The molecule has 3 aliphatic heterocycles. The van der Waals surface area contributed by atoms with Crippen LogP contribution in [0.3, 0.4) is 0 Å². The molecular weight excluding hydrogens is 1830 g/mol. The third-order valence-electron chi connectivity index (χ3n) is 27.9. The number of rotatable bonds is 12. The lowest BCUT2D eigenvalue weighted by Gasteiger charge is -2.22. The second-order valence-electron chi connectivity index (χ2n) is 36.5. The van der Waals surface area contributed by atoms with Gasteiger partial charge in [-0.05, 0) is 181 Å². The molecule has 0 spiro atoms. The molecule has 9 heterocycles. The first-order valence-electron chi connectivity index (χ1n) is 48.2. The normalized spacial score (nSPS) is 11.8. The van der Waals surface area contributed by atoms with Gasteiger partial charge in [0.05, 0.1) is 34.2 Å². The minimum absolute atomic E-state index is 0. The summed E-state index contributed by atoms with van der Waals surface area (Å²) < 4.78 is 26.7. The van der Waals surface area contributed by atoms with Crippen molar-refractivity contribution in [3.8, 4) is 203 Å². The smallest absolute Gasteiger partial charge is 0.160 e. The van der Waals surface area contributed by atoms with E-state index >= 15 is 0 Å². The largest absolute Gasteiger partial charge is 0.456 e. The van der Waals surface area contributed by atoms with Crippen molar-refractivity contribution in [2.24, 2.45) is 0 Å². The Morgan fingerprint density at radius 3 is 0.869 bits per heavy atom. The molecule has 0 bridgehead atoms. The summed E-state index contributed by atoms with van der Waals surface area (Å²) in [6.07, 6.45) is 0. The third kappa shape index (κ3) is 15.5. The molecular formula is C133H82N6O3S3. The lowest BCUT2D eigenvalue weighted by Crippen LogP contribution is -1.97. The number of hydrogen-bond acceptors (Lipinski definition) is 12. The molecule has 3 aliphatic rings. The minimum atomic E-state index is 0. The summed E-state index contributed by atoms with van der Waals surface area (Å²) in [6.45, 7) is 0. The van der Waals surface area contributed by atoms with Crippen LogP contribution in [0.5, 0.6) is 34.5 Å². The minimum Gasteiger partial charge on any atom is -0.456 e. The molecule has 21 aromatic carbocycles. The summed E-state index contributed by atoms with van der Waals surface area (Å²) in [5.74, 6) is 7.54. The molecule has 0 unspecified atom stereocenters. The average Bonchev–Trinajstić information content (AvgIpc) is 1.75. The summed E-state index contributed by atoms with van der Waals surface area (Å²) in [5, 5.41) is 14.7. The van der Waals surface area contributed by atoms with Crippen molar-refractivity contribution >= 4 is 127 Å². The molecule has 0 aliphatic carbocycles. The highest BCUT2D eigenvalue weighted by atomic mass is 32.1. The monoisotopic (exact) mass is 1910 g/mol. The van der Waals surface area contributed by atoms with Crippen LogP contribution in [0.4, 0.5) is 0 Å². The van der Waals surface area contributed by atoms with E-state index < -0.39 is 0 Å². The van der Waals surface area contributed by atoms with Gasteiger partial charge in [0, 0.05) is 143 Å². The van der Waals surface area contributed by atoms with Gasteiger partial charge in [0.15, 0.2) is 17.5 Å². The Morgan fingerprint density at radius 1 is 0.145 bits per heavy atom. The fourth-order valence-corrected chi connectivity index (χ4v) is 24.2. The Balaban J connectivity index is 0.000000108. The Morgan fingerprint density at radius 2 is 0.434 bits per heavy atom. The molecule has 9 nitrogen and oxygen atoms in total. The summed E-state index contributed by atoms with van der Waals surface area (Å²) >= 11 is 5.48. The van der Waals surface area contributed by atoms with E-state index in [0.29, 0.717) is 17.5 Å². The molecule has 27 aromatic rings. The predicted octanol–water partition coefficient (Wildman–Crippen LogP) is 38.0. The molecule has 0 N–H and O–H groups in total. The maximum atomic E-state index is 6.34. The Hall–Kier alpha value is -18.3. The zero-order chi connectivity index (χ0) is 94.8. The summed E-state index contributed by atoms with van der Waals surface area (Å²) in [5.41, 5.74) is 28.6. The van der Waals surface area contributed by atoms with Crippen molar-refractivity contribution in [2.45, 2.75) is 7.43 Å². The SMILES string of the molecule is C.c1ccc(-c2nc(-c3ccc(-c4ccc5c(c4)-c4cccc6cccc(c46)O5)cc3)cc(-c3ccc4c(c3)sc3ccccc34)n2)cc1.c1ccc(-c2nc(-c3ccc(-c4ccc5c(c4)-c4cccc6cccc(c46)O5)cc3)cc(-c3ccc4sc5ccccc5c4c3)n2)cc1.c1ccc(-c2nc(-c3ccc(-c4ccc5c(c4)-c4cccc6cccc(c46)O5)cc3)cc(-c3cccc4sc5ccccc5c34)n2)cc1.